The third-order valence-electron chi connectivity index (χ3n) is 8.74. The second kappa shape index (κ2) is 10.8. The van der Waals surface area contributed by atoms with Gasteiger partial charge in [0.1, 0.15) is 29.9 Å². The van der Waals surface area contributed by atoms with Crippen LogP contribution in [0.4, 0.5) is 4.39 Å². The van der Waals surface area contributed by atoms with Crippen molar-refractivity contribution in [2.24, 2.45) is 5.41 Å². The smallest absolute Gasteiger partial charge is 0.245 e. The molecule has 9 nitrogen and oxygen atoms in total. The predicted molar refractivity (Wildman–Crippen MR) is 160 cm³/mol. The zero-order valence-corrected chi connectivity index (χ0v) is 24.6. The number of amides is 2. The van der Waals surface area contributed by atoms with Gasteiger partial charge < -0.3 is 10.2 Å². The Hall–Kier alpha value is -4.73. The van der Waals surface area contributed by atoms with Crippen molar-refractivity contribution in [3.63, 3.8) is 0 Å². The second-order valence-corrected chi connectivity index (χ2v) is 11.8. The first-order chi connectivity index (χ1) is 20.6. The van der Waals surface area contributed by atoms with Gasteiger partial charge in [0.25, 0.3) is 0 Å². The Morgan fingerprint density at radius 2 is 1.74 bits per heavy atom. The Balaban J connectivity index is 1.22. The lowest BCUT2D eigenvalue weighted by Gasteiger charge is -2.27. The zero-order chi connectivity index (χ0) is 30.5. The normalized spacial score (nSPS) is 21.4. The maximum atomic E-state index is 14.9. The molecular formula is C33H33FN6O3. The SMILES string of the molecule is CC(=O)c1nn(CC(=O)N2[C@H](C(=O)NC/C(F)=C(/C)c3ccccc3)C[C@@]3(C)C[C@@H]23)c2ccc(-c3cnc(C)nc3)cc12. The lowest BCUT2D eigenvalue weighted by atomic mass is 10.0. The molecule has 43 heavy (non-hydrogen) atoms. The van der Waals surface area contributed by atoms with Crippen LogP contribution in [0.25, 0.3) is 27.6 Å². The van der Waals surface area contributed by atoms with Gasteiger partial charge in [-0.15, -0.1) is 0 Å². The number of hydrogen-bond donors (Lipinski definition) is 1. The highest BCUT2D eigenvalue weighted by Gasteiger charge is 2.64. The Bertz CT molecular complexity index is 1780. The van der Waals surface area contributed by atoms with E-state index in [1.54, 1.807) is 24.2 Å². The highest BCUT2D eigenvalue weighted by Crippen LogP contribution is 2.59. The van der Waals surface area contributed by atoms with Crippen LogP contribution >= 0.6 is 0 Å². The molecule has 0 spiro atoms. The summed E-state index contributed by atoms with van der Waals surface area (Å²) in [7, 11) is 0. The van der Waals surface area contributed by atoms with Crippen LogP contribution in [0.1, 0.15) is 55.5 Å². The molecule has 220 valence electrons. The van der Waals surface area contributed by atoms with Crippen molar-refractivity contribution in [1.29, 1.82) is 0 Å². The number of aromatic nitrogens is 4. The number of allylic oxidation sites excluding steroid dienone is 1. The fourth-order valence-corrected chi connectivity index (χ4v) is 6.11. The summed E-state index contributed by atoms with van der Waals surface area (Å²) >= 11 is 0. The molecule has 2 fully saturated rings. The Labute approximate surface area is 248 Å². The first-order valence-corrected chi connectivity index (χ1v) is 14.4. The van der Waals surface area contributed by atoms with Crippen molar-refractivity contribution in [1.82, 2.24) is 30.0 Å². The Morgan fingerprint density at radius 3 is 2.44 bits per heavy atom. The van der Waals surface area contributed by atoms with Crippen molar-refractivity contribution in [3.8, 4) is 11.1 Å². The van der Waals surface area contributed by atoms with Gasteiger partial charge in [-0.1, -0.05) is 43.3 Å². The number of nitrogens with zero attached hydrogens (tertiary/aromatic N) is 5. The number of benzene rings is 2. The van der Waals surface area contributed by atoms with Crippen LogP contribution < -0.4 is 5.32 Å². The van der Waals surface area contributed by atoms with Crippen molar-refractivity contribution < 1.29 is 18.8 Å². The molecule has 1 aliphatic heterocycles. The van der Waals surface area contributed by atoms with Crippen molar-refractivity contribution in [2.45, 2.75) is 59.2 Å². The van der Waals surface area contributed by atoms with Gasteiger partial charge >= 0.3 is 0 Å². The third kappa shape index (κ3) is 5.33. The molecular weight excluding hydrogens is 547 g/mol. The number of aryl methyl sites for hydroxylation is 1. The molecule has 10 heteroatoms. The molecule has 0 bridgehead atoms. The minimum absolute atomic E-state index is 0.0653. The van der Waals surface area contributed by atoms with E-state index in [-0.39, 0.29) is 47.8 Å². The van der Waals surface area contributed by atoms with E-state index in [4.69, 9.17) is 0 Å². The molecule has 6 rings (SSSR count). The van der Waals surface area contributed by atoms with E-state index in [0.717, 1.165) is 23.1 Å². The fraction of sp³-hybridized carbons (Fsp3) is 0.333. The zero-order valence-electron chi connectivity index (χ0n) is 24.6. The first-order valence-electron chi connectivity index (χ1n) is 14.4. The molecule has 2 aliphatic rings. The van der Waals surface area contributed by atoms with E-state index in [1.165, 1.54) is 11.6 Å². The number of rotatable bonds is 8. The maximum absolute atomic E-state index is 14.9. The van der Waals surface area contributed by atoms with E-state index < -0.39 is 11.9 Å². The summed E-state index contributed by atoms with van der Waals surface area (Å²) in [6.45, 7) is 6.62. The summed E-state index contributed by atoms with van der Waals surface area (Å²) < 4.78 is 16.5. The van der Waals surface area contributed by atoms with Crippen molar-refractivity contribution >= 4 is 34.1 Å². The van der Waals surface area contributed by atoms with E-state index in [2.05, 4.69) is 27.3 Å². The van der Waals surface area contributed by atoms with Gasteiger partial charge in [-0.2, -0.15) is 5.10 Å². The van der Waals surface area contributed by atoms with Crippen LogP contribution in [0.15, 0.2) is 66.8 Å². The largest absolute Gasteiger partial charge is 0.348 e. The summed E-state index contributed by atoms with van der Waals surface area (Å²) in [5.41, 5.74) is 3.59. The molecule has 1 saturated heterocycles. The average molecular weight is 581 g/mol. The Kier molecular flexibility index (Phi) is 7.15. The number of fused-ring (bicyclic) bond motifs is 2. The minimum atomic E-state index is -0.705. The van der Waals surface area contributed by atoms with Crippen LogP contribution in [0.2, 0.25) is 0 Å². The third-order valence-corrected chi connectivity index (χ3v) is 8.74. The molecule has 2 amide bonds. The van der Waals surface area contributed by atoms with Gasteiger partial charge in [-0.3, -0.25) is 19.1 Å². The summed E-state index contributed by atoms with van der Waals surface area (Å²) in [5.74, 6) is -0.633. The van der Waals surface area contributed by atoms with E-state index in [9.17, 15) is 18.8 Å². The van der Waals surface area contributed by atoms with Crippen molar-refractivity contribution in [3.05, 3.63) is 83.8 Å². The number of nitrogens with one attached hydrogen (secondary N) is 1. The van der Waals surface area contributed by atoms with Crippen LogP contribution in [0, 0.1) is 12.3 Å². The summed E-state index contributed by atoms with van der Waals surface area (Å²) in [5, 5.41) is 7.85. The first kappa shape index (κ1) is 28.4. The molecule has 1 saturated carbocycles. The number of piperidine rings is 1. The van der Waals surface area contributed by atoms with E-state index in [1.807, 2.05) is 55.5 Å². The van der Waals surface area contributed by atoms with Gasteiger partial charge in [-0.05, 0) is 60.9 Å². The maximum Gasteiger partial charge on any atom is 0.245 e. The van der Waals surface area contributed by atoms with Gasteiger partial charge in [0.15, 0.2) is 5.78 Å². The summed E-state index contributed by atoms with van der Waals surface area (Å²) in [6.07, 6.45) is 4.77. The molecule has 2 aromatic heterocycles. The number of carbonyl (C=O) groups is 3. The molecule has 1 aliphatic carbocycles. The molecule has 4 aromatic rings. The second-order valence-electron chi connectivity index (χ2n) is 11.8. The topological polar surface area (TPSA) is 110 Å². The van der Waals surface area contributed by atoms with Gasteiger partial charge in [0, 0.05) is 36.3 Å². The molecule has 0 unspecified atom stereocenters. The summed E-state index contributed by atoms with van der Waals surface area (Å²) in [4.78, 5) is 49.8. The lowest BCUT2D eigenvalue weighted by molar-refractivity contribution is -0.140. The number of carbonyl (C=O) groups excluding carboxylic acids is 3. The number of hydrogen-bond acceptors (Lipinski definition) is 6. The number of ketones is 1. The molecule has 3 heterocycles. The number of likely N-dealkylation sites (tertiary alicyclic amines) is 1. The molecule has 0 radical (unpaired) electrons. The average Bonchev–Trinajstić information content (AvgIpc) is 3.37. The minimum Gasteiger partial charge on any atom is -0.348 e. The van der Waals surface area contributed by atoms with Gasteiger partial charge in [0.2, 0.25) is 11.8 Å². The monoisotopic (exact) mass is 580 g/mol. The number of halogens is 1. The van der Waals surface area contributed by atoms with Crippen LogP contribution in [-0.2, 0) is 16.1 Å². The quantitative estimate of drug-likeness (QED) is 0.297. The standard InChI is InChI=1S/C33H33FN6O3/c1-19(22-8-6-5-7-9-22)26(34)17-37-32(43)28-13-33(4)14-29(33)40(28)30(42)18-39-27-11-10-23(24-15-35-21(3)36-16-24)12-25(27)31(38-39)20(2)41/h5-12,15-16,28-29H,13-14,17-18H2,1-4H3,(H,37,43)/b26-19+/t28-,29+,33-/m0/s1. The summed E-state index contributed by atoms with van der Waals surface area (Å²) in [6, 6.07) is 14.0. The van der Waals surface area contributed by atoms with Gasteiger partial charge in [-0.25, -0.2) is 14.4 Å². The van der Waals surface area contributed by atoms with Crippen LogP contribution in [-0.4, -0.2) is 60.9 Å². The van der Waals surface area contributed by atoms with Crippen molar-refractivity contribution in [2.75, 3.05) is 6.54 Å². The van der Waals surface area contributed by atoms with Crippen LogP contribution in [0.3, 0.4) is 0 Å². The van der Waals surface area contributed by atoms with Crippen LogP contribution in [0.5, 0.6) is 0 Å². The van der Waals surface area contributed by atoms with E-state index >= 15 is 0 Å². The predicted octanol–water partition coefficient (Wildman–Crippen LogP) is 4.90. The highest BCUT2D eigenvalue weighted by atomic mass is 19.1. The lowest BCUT2D eigenvalue weighted by Crippen LogP contribution is -2.49. The highest BCUT2D eigenvalue weighted by molar-refractivity contribution is 6.06. The molecule has 2 aromatic carbocycles. The molecule has 3 atom stereocenters. The number of Topliss-reactive ketones (excluding diaryl/α,β-unsaturated/α-hetero) is 1. The Morgan fingerprint density at radius 1 is 1.02 bits per heavy atom. The fourth-order valence-electron chi connectivity index (χ4n) is 6.11. The van der Waals surface area contributed by atoms with Gasteiger partial charge in [0.05, 0.1) is 12.1 Å². The van der Waals surface area contributed by atoms with E-state index in [0.29, 0.717) is 28.7 Å². The molecule has 1 N–H and O–H groups in total.